The van der Waals surface area contributed by atoms with Crippen molar-refractivity contribution in [1.82, 2.24) is 20.6 Å². The molecule has 1 aromatic carbocycles. The topological polar surface area (TPSA) is 129 Å². The first-order valence-corrected chi connectivity index (χ1v) is 11.3. The van der Waals surface area contributed by atoms with Crippen LogP contribution in [0.5, 0.6) is 0 Å². The molecule has 0 spiro atoms. The Morgan fingerprint density at radius 2 is 1.90 bits per heavy atom. The summed E-state index contributed by atoms with van der Waals surface area (Å²) >= 11 is 0. The highest BCUT2D eigenvalue weighted by Crippen LogP contribution is 2.27. The highest BCUT2D eigenvalue weighted by atomic mass is 16.2. The van der Waals surface area contributed by atoms with Crippen molar-refractivity contribution in [3.63, 3.8) is 0 Å². The quantitative estimate of drug-likeness (QED) is 0.326. The molecule has 31 heavy (non-hydrogen) atoms. The van der Waals surface area contributed by atoms with Crippen molar-refractivity contribution in [3.8, 4) is 0 Å². The molecule has 1 aromatic heterocycles. The lowest BCUT2D eigenvalue weighted by Gasteiger charge is -2.33. The molecule has 1 amide bonds. The normalized spacial score (nSPS) is 18.7. The molecular weight excluding hydrogens is 390 g/mol. The lowest BCUT2D eigenvalue weighted by molar-refractivity contribution is 0.0936. The third-order valence-electron chi connectivity index (χ3n) is 6.19. The van der Waals surface area contributed by atoms with E-state index in [-0.39, 0.29) is 29.8 Å². The Morgan fingerprint density at radius 3 is 2.58 bits per heavy atom. The summed E-state index contributed by atoms with van der Waals surface area (Å²) in [5, 5.41) is 18.1. The molecule has 0 aliphatic heterocycles. The number of hydrogen-bond donors (Lipinski definition) is 5. The summed E-state index contributed by atoms with van der Waals surface area (Å²) in [7, 11) is 0. The predicted octanol–water partition coefficient (Wildman–Crippen LogP) is 3.31. The summed E-state index contributed by atoms with van der Waals surface area (Å²) in [4.78, 5) is 22.0. The van der Waals surface area contributed by atoms with Gasteiger partial charge in [0.25, 0.3) is 5.91 Å². The van der Waals surface area contributed by atoms with Crippen molar-refractivity contribution in [2.24, 2.45) is 11.7 Å². The van der Waals surface area contributed by atoms with E-state index >= 15 is 0 Å². The minimum absolute atomic E-state index is 0.0245. The molecule has 2 aromatic rings. The molecule has 0 bridgehead atoms. The second-order valence-corrected chi connectivity index (χ2v) is 8.51. The van der Waals surface area contributed by atoms with Crippen molar-refractivity contribution in [3.05, 3.63) is 29.6 Å². The fourth-order valence-corrected chi connectivity index (χ4v) is 4.20. The molecule has 0 saturated heterocycles. The van der Waals surface area contributed by atoms with Crippen LogP contribution in [0, 0.1) is 18.3 Å². The molecule has 168 valence electrons. The first-order valence-electron chi connectivity index (χ1n) is 11.3. The van der Waals surface area contributed by atoms with Gasteiger partial charge < -0.3 is 21.7 Å². The van der Waals surface area contributed by atoms with E-state index in [0.717, 1.165) is 55.0 Å². The Labute approximate surface area is 184 Å². The van der Waals surface area contributed by atoms with Crippen LogP contribution in [0.1, 0.15) is 68.6 Å². The SMILES string of the molecule is CCC(CC)CNC(=O)c1nc(N[C@H]2CCCC[C@H]2NC(=N)N)c2cc(C)ccc2n1. The zero-order valence-electron chi connectivity index (χ0n) is 18.8. The van der Waals surface area contributed by atoms with E-state index < -0.39 is 0 Å². The van der Waals surface area contributed by atoms with Gasteiger partial charge in [-0.25, -0.2) is 9.97 Å². The first-order chi connectivity index (χ1) is 14.9. The monoisotopic (exact) mass is 425 g/mol. The van der Waals surface area contributed by atoms with Crippen LogP contribution in [0.3, 0.4) is 0 Å². The number of benzene rings is 1. The zero-order valence-corrected chi connectivity index (χ0v) is 18.8. The Morgan fingerprint density at radius 1 is 1.19 bits per heavy atom. The summed E-state index contributed by atoms with van der Waals surface area (Å²) < 4.78 is 0. The van der Waals surface area contributed by atoms with Crippen LogP contribution >= 0.6 is 0 Å². The molecule has 1 saturated carbocycles. The fourth-order valence-electron chi connectivity index (χ4n) is 4.20. The molecular formula is C23H35N7O. The summed E-state index contributed by atoms with van der Waals surface area (Å²) in [6, 6.07) is 6.08. The lowest BCUT2D eigenvalue weighted by atomic mass is 9.90. The van der Waals surface area contributed by atoms with E-state index in [2.05, 4.69) is 39.8 Å². The first kappa shape index (κ1) is 22.8. The number of aromatic nitrogens is 2. The van der Waals surface area contributed by atoms with Crippen LogP contribution in [0.15, 0.2) is 18.2 Å². The third kappa shape index (κ3) is 5.83. The van der Waals surface area contributed by atoms with E-state index in [1.165, 1.54) is 0 Å². The van der Waals surface area contributed by atoms with Crippen molar-refractivity contribution < 1.29 is 4.79 Å². The molecule has 0 radical (unpaired) electrons. The number of nitrogens with zero attached hydrogens (tertiary/aromatic N) is 2. The van der Waals surface area contributed by atoms with Gasteiger partial charge in [-0.3, -0.25) is 10.2 Å². The maximum absolute atomic E-state index is 12.8. The third-order valence-corrected chi connectivity index (χ3v) is 6.19. The Hall–Kier alpha value is -2.90. The van der Waals surface area contributed by atoms with Gasteiger partial charge in [0.2, 0.25) is 5.82 Å². The minimum Gasteiger partial charge on any atom is -0.370 e. The number of carbonyl (C=O) groups is 1. The van der Waals surface area contributed by atoms with Gasteiger partial charge in [0, 0.05) is 24.0 Å². The number of rotatable bonds is 8. The second-order valence-electron chi connectivity index (χ2n) is 8.51. The Bertz CT molecular complexity index is 926. The molecule has 2 atom stereocenters. The van der Waals surface area contributed by atoms with Gasteiger partial charge in [-0.2, -0.15) is 0 Å². The number of guanidine groups is 1. The van der Waals surface area contributed by atoms with Gasteiger partial charge in [0.1, 0.15) is 5.82 Å². The van der Waals surface area contributed by atoms with Gasteiger partial charge in [-0.05, 0) is 37.8 Å². The molecule has 1 heterocycles. The van der Waals surface area contributed by atoms with E-state index in [9.17, 15) is 4.79 Å². The maximum atomic E-state index is 12.8. The molecule has 1 aliphatic rings. The van der Waals surface area contributed by atoms with Crippen molar-refractivity contribution in [2.75, 3.05) is 11.9 Å². The molecule has 0 unspecified atom stereocenters. The molecule has 3 rings (SSSR count). The zero-order chi connectivity index (χ0) is 22.4. The average molecular weight is 426 g/mol. The Kier molecular flexibility index (Phi) is 7.65. The molecule has 1 aliphatic carbocycles. The summed E-state index contributed by atoms with van der Waals surface area (Å²) in [5.41, 5.74) is 7.44. The number of nitrogens with one attached hydrogen (secondary N) is 4. The van der Waals surface area contributed by atoms with Gasteiger partial charge in [0.05, 0.1) is 5.52 Å². The lowest BCUT2D eigenvalue weighted by Crippen LogP contribution is -2.50. The standard InChI is InChI=1S/C23H35N7O/c1-4-15(5-2)13-26-22(31)21-27-17-11-10-14(3)12-16(17)20(30-21)28-18-8-6-7-9-19(18)29-23(24)25/h10-12,15,18-19H,4-9,13H2,1-3H3,(H,26,31)(H4,24,25,29)(H,27,28,30)/t18-,19+/m0/s1. The molecule has 8 nitrogen and oxygen atoms in total. The number of anilines is 1. The number of aryl methyl sites for hydroxylation is 1. The van der Waals surface area contributed by atoms with Gasteiger partial charge in [0.15, 0.2) is 5.96 Å². The maximum Gasteiger partial charge on any atom is 0.289 e. The van der Waals surface area contributed by atoms with E-state index in [4.69, 9.17) is 11.1 Å². The van der Waals surface area contributed by atoms with E-state index in [0.29, 0.717) is 18.3 Å². The van der Waals surface area contributed by atoms with Crippen LogP contribution in [0.4, 0.5) is 5.82 Å². The van der Waals surface area contributed by atoms with Gasteiger partial charge in [-0.15, -0.1) is 0 Å². The smallest absolute Gasteiger partial charge is 0.289 e. The predicted molar refractivity (Wildman–Crippen MR) is 125 cm³/mol. The minimum atomic E-state index is -0.250. The number of hydrogen-bond acceptors (Lipinski definition) is 5. The molecule has 1 fully saturated rings. The van der Waals surface area contributed by atoms with Crippen LogP contribution in [0.25, 0.3) is 10.9 Å². The summed E-state index contributed by atoms with van der Waals surface area (Å²) in [6.45, 7) is 6.91. The number of carbonyl (C=O) groups excluding carboxylic acids is 1. The van der Waals surface area contributed by atoms with Crippen LogP contribution < -0.4 is 21.7 Å². The summed E-state index contributed by atoms with van der Waals surface area (Å²) in [6.07, 6.45) is 6.11. The van der Waals surface area contributed by atoms with Gasteiger partial charge >= 0.3 is 0 Å². The Balaban J connectivity index is 1.90. The second kappa shape index (κ2) is 10.4. The molecule has 6 N–H and O–H groups in total. The van der Waals surface area contributed by atoms with E-state index in [1.54, 1.807) is 0 Å². The van der Waals surface area contributed by atoms with Crippen molar-refractivity contribution in [2.45, 2.75) is 71.4 Å². The fraction of sp³-hybridized carbons (Fsp3) is 0.565. The highest BCUT2D eigenvalue weighted by molar-refractivity contribution is 5.96. The van der Waals surface area contributed by atoms with Gasteiger partial charge in [-0.1, -0.05) is 51.2 Å². The van der Waals surface area contributed by atoms with Crippen molar-refractivity contribution >= 4 is 28.6 Å². The van der Waals surface area contributed by atoms with Crippen molar-refractivity contribution in [1.29, 1.82) is 5.41 Å². The highest BCUT2D eigenvalue weighted by Gasteiger charge is 2.27. The summed E-state index contributed by atoms with van der Waals surface area (Å²) in [5.74, 6) is 1.01. The number of nitrogens with two attached hydrogens (primary N) is 1. The van der Waals surface area contributed by atoms with Crippen LogP contribution in [0.2, 0.25) is 0 Å². The largest absolute Gasteiger partial charge is 0.370 e. The van der Waals surface area contributed by atoms with E-state index in [1.807, 2.05) is 25.1 Å². The average Bonchev–Trinajstić information content (AvgIpc) is 2.75. The van der Waals surface area contributed by atoms with Crippen LogP contribution in [-0.2, 0) is 0 Å². The van der Waals surface area contributed by atoms with Crippen LogP contribution in [-0.4, -0.2) is 40.5 Å². The number of fused-ring (bicyclic) bond motifs is 1. The molecule has 8 heteroatoms. The number of amides is 1.